The first-order chi connectivity index (χ1) is 3.13. The van der Waals surface area contributed by atoms with Crippen molar-refractivity contribution in [1.29, 1.82) is 0 Å². The summed E-state index contributed by atoms with van der Waals surface area (Å²) in [5.41, 5.74) is 0. The largest absolute Gasteiger partial charge is 1.00 e. The van der Waals surface area contributed by atoms with Crippen LogP contribution in [0.5, 0.6) is 0 Å². The van der Waals surface area contributed by atoms with Crippen LogP contribution < -0.4 is 24.0 Å². The fourth-order valence-corrected chi connectivity index (χ4v) is 1.63. The van der Waals surface area contributed by atoms with E-state index in [0.717, 1.165) is 10.5 Å². The van der Waals surface area contributed by atoms with Gasteiger partial charge >= 0.3 is 17.1 Å². The van der Waals surface area contributed by atoms with Crippen LogP contribution in [-0.2, 0) is 17.1 Å². The van der Waals surface area contributed by atoms with Gasteiger partial charge in [-0.2, -0.15) is 11.8 Å². The number of rotatable bonds is 2. The van der Waals surface area contributed by atoms with Crippen molar-refractivity contribution in [2.75, 3.05) is 0 Å². The molecule has 0 bridgehead atoms. The maximum Gasteiger partial charge on any atom is 1.00 e. The molecule has 0 heterocycles. The molecule has 0 fully saturated rings. The van der Waals surface area contributed by atoms with Crippen LogP contribution in [0.2, 0.25) is 0 Å². The second kappa shape index (κ2) is 9.60. The molecule has 0 saturated carbocycles. The van der Waals surface area contributed by atoms with Gasteiger partial charge in [0, 0.05) is 0 Å². The molecule has 0 amide bonds. The zero-order valence-corrected chi connectivity index (χ0v) is 10.2. The minimum Gasteiger partial charge on any atom is -1.00 e. The van der Waals surface area contributed by atoms with E-state index in [2.05, 4.69) is 27.7 Å². The number of halogens is 1. The van der Waals surface area contributed by atoms with Gasteiger partial charge in [0.1, 0.15) is 0 Å². The minimum atomic E-state index is 0. The normalized spacial score (nSPS) is 8.67. The molecule has 62 valence electrons. The van der Waals surface area contributed by atoms with Crippen molar-refractivity contribution >= 4 is 11.8 Å². The van der Waals surface area contributed by atoms with Gasteiger partial charge in [0.15, 0.2) is 0 Å². The molecule has 0 aliphatic heterocycles. The Balaban J connectivity index is -0.000000180. The molecular formula is C6H14CuIS. The zero-order valence-electron chi connectivity index (χ0n) is 6.24. The maximum absolute atomic E-state index is 2.23. The van der Waals surface area contributed by atoms with E-state index >= 15 is 0 Å². The maximum atomic E-state index is 2.23. The summed E-state index contributed by atoms with van der Waals surface area (Å²) in [6, 6.07) is 0. The van der Waals surface area contributed by atoms with Gasteiger partial charge in [-0.25, -0.2) is 0 Å². The van der Waals surface area contributed by atoms with E-state index in [9.17, 15) is 0 Å². The zero-order chi connectivity index (χ0) is 5.86. The molecule has 0 nitrogen and oxygen atoms in total. The van der Waals surface area contributed by atoms with Gasteiger partial charge in [-0.15, -0.1) is 0 Å². The van der Waals surface area contributed by atoms with Gasteiger partial charge in [-0.05, 0) is 10.5 Å². The molecule has 3 heteroatoms. The summed E-state index contributed by atoms with van der Waals surface area (Å²) in [5, 5.41) is 1.58. The van der Waals surface area contributed by atoms with E-state index in [4.69, 9.17) is 0 Å². The predicted molar refractivity (Wildman–Crippen MR) is 37.9 cm³/mol. The molecule has 0 saturated heterocycles. The first-order valence-electron chi connectivity index (χ1n) is 2.78. The molecule has 0 rings (SSSR count). The first-order valence-corrected chi connectivity index (χ1v) is 3.72. The molecule has 0 aliphatic carbocycles. The van der Waals surface area contributed by atoms with Crippen LogP contribution in [0.3, 0.4) is 0 Å². The third-order valence-corrected chi connectivity index (χ3v) is 1.63. The predicted octanol–water partition coefficient (Wildman–Crippen LogP) is -0.462. The van der Waals surface area contributed by atoms with E-state index in [1.165, 1.54) is 0 Å². The van der Waals surface area contributed by atoms with Crippen LogP contribution in [0.1, 0.15) is 27.7 Å². The first kappa shape index (κ1) is 16.9. The summed E-state index contributed by atoms with van der Waals surface area (Å²) in [6.07, 6.45) is 0. The Labute approximate surface area is 90.4 Å². The van der Waals surface area contributed by atoms with E-state index in [0.29, 0.717) is 0 Å². The van der Waals surface area contributed by atoms with Crippen molar-refractivity contribution in [3.05, 3.63) is 0 Å². The van der Waals surface area contributed by atoms with Crippen molar-refractivity contribution in [1.82, 2.24) is 0 Å². The van der Waals surface area contributed by atoms with Crippen LogP contribution in [0.25, 0.3) is 0 Å². The topological polar surface area (TPSA) is 0 Å². The number of thioether (sulfide) groups is 1. The van der Waals surface area contributed by atoms with Gasteiger partial charge in [0.05, 0.1) is 0 Å². The summed E-state index contributed by atoms with van der Waals surface area (Å²) in [4.78, 5) is 0. The average Bonchev–Trinajstić information content (AvgIpc) is 1.27. The fourth-order valence-electron chi connectivity index (χ4n) is 0.544. The molecule has 9 heavy (non-hydrogen) atoms. The second-order valence-corrected chi connectivity index (χ2v) is 4.39. The van der Waals surface area contributed by atoms with Gasteiger partial charge in [0.2, 0.25) is 0 Å². The van der Waals surface area contributed by atoms with Crippen LogP contribution in [0.4, 0.5) is 0 Å². The smallest absolute Gasteiger partial charge is 1.00 e. The molecular weight excluding hydrogens is 295 g/mol. The molecule has 0 aromatic heterocycles. The summed E-state index contributed by atoms with van der Waals surface area (Å²) in [5.74, 6) is 0. The molecule has 0 aliphatic rings. The summed E-state index contributed by atoms with van der Waals surface area (Å²) in [6.45, 7) is 8.91. The second-order valence-electron chi connectivity index (χ2n) is 2.23. The molecule has 0 radical (unpaired) electrons. The average molecular weight is 309 g/mol. The fraction of sp³-hybridized carbons (Fsp3) is 1.00. The summed E-state index contributed by atoms with van der Waals surface area (Å²) in [7, 11) is 0. The van der Waals surface area contributed by atoms with Crippen molar-refractivity contribution < 1.29 is 41.0 Å². The Hall–Kier alpha value is 1.60. The van der Waals surface area contributed by atoms with Crippen molar-refractivity contribution in [2.45, 2.75) is 38.2 Å². The van der Waals surface area contributed by atoms with Crippen molar-refractivity contribution in [2.24, 2.45) is 0 Å². The Morgan fingerprint density at radius 3 is 1.11 bits per heavy atom. The van der Waals surface area contributed by atoms with E-state index in [1.807, 2.05) is 11.8 Å². The van der Waals surface area contributed by atoms with Crippen LogP contribution in [-0.4, -0.2) is 10.5 Å². The van der Waals surface area contributed by atoms with E-state index in [-0.39, 0.29) is 41.0 Å². The summed E-state index contributed by atoms with van der Waals surface area (Å²) < 4.78 is 0. The monoisotopic (exact) mass is 308 g/mol. The van der Waals surface area contributed by atoms with E-state index < -0.39 is 0 Å². The number of hydrogen-bond acceptors (Lipinski definition) is 1. The van der Waals surface area contributed by atoms with Crippen molar-refractivity contribution in [3.8, 4) is 0 Å². The van der Waals surface area contributed by atoms with Gasteiger partial charge in [-0.1, -0.05) is 27.7 Å². The summed E-state index contributed by atoms with van der Waals surface area (Å²) >= 11 is 2.01. The minimum absolute atomic E-state index is 0. The standard InChI is InChI=1S/C6H14S.Cu.HI/c1-5(2)7-6(3)4;;/h5-6H,1-4H3;;1H/q;+1;/p-1. The van der Waals surface area contributed by atoms with E-state index in [1.54, 1.807) is 0 Å². The van der Waals surface area contributed by atoms with Gasteiger partial charge in [0.25, 0.3) is 0 Å². The van der Waals surface area contributed by atoms with Gasteiger partial charge in [-0.3, -0.25) is 0 Å². The van der Waals surface area contributed by atoms with Crippen LogP contribution >= 0.6 is 11.8 Å². The number of hydrogen-bond donors (Lipinski definition) is 0. The Morgan fingerprint density at radius 2 is 1.11 bits per heavy atom. The third kappa shape index (κ3) is 17.7. The molecule has 0 unspecified atom stereocenters. The Morgan fingerprint density at radius 1 is 0.889 bits per heavy atom. The molecule has 0 aromatic rings. The Kier molecular flexibility index (Phi) is 18.0. The molecule has 0 spiro atoms. The Bertz CT molecular complexity index is 42.3. The third-order valence-electron chi connectivity index (χ3n) is 0.544. The molecule has 0 N–H and O–H groups in total. The molecule has 0 aromatic carbocycles. The quantitative estimate of drug-likeness (QED) is 0.491. The molecule has 0 atom stereocenters. The van der Waals surface area contributed by atoms with Crippen LogP contribution in [0, 0.1) is 0 Å². The van der Waals surface area contributed by atoms with Crippen LogP contribution in [0.15, 0.2) is 0 Å². The van der Waals surface area contributed by atoms with Crippen molar-refractivity contribution in [3.63, 3.8) is 0 Å². The SMILES string of the molecule is CC(C)SC(C)C.[Cu+].[I-]. The van der Waals surface area contributed by atoms with Gasteiger partial charge < -0.3 is 24.0 Å².